The predicted molar refractivity (Wildman–Crippen MR) is 113 cm³/mol. The Labute approximate surface area is 170 Å². The number of benzene rings is 3. The normalized spacial score (nSPS) is 10.9. The van der Waals surface area contributed by atoms with Gasteiger partial charge in [0.1, 0.15) is 5.75 Å². The van der Waals surface area contributed by atoms with Crippen LogP contribution in [0.2, 0.25) is 0 Å². The van der Waals surface area contributed by atoms with E-state index in [9.17, 15) is 15.0 Å². The highest BCUT2D eigenvalue weighted by Crippen LogP contribution is 2.30. The molecule has 0 aromatic heterocycles. The number of rotatable bonds is 9. The Bertz CT molecular complexity index is 1010. The lowest BCUT2D eigenvalue weighted by atomic mass is 10.0. The minimum atomic E-state index is -0.923. The summed E-state index contributed by atoms with van der Waals surface area (Å²) < 4.78 is 5.91. The first-order chi connectivity index (χ1) is 14.0. The number of fused-ring (bicyclic) bond motifs is 1. The molecule has 3 aromatic rings. The van der Waals surface area contributed by atoms with Crippen LogP contribution in [0.5, 0.6) is 17.2 Å². The van der Waals surface area contributed by atoms with E-state index in [0.29, 0.717) is 6.61 Å². The van der Waals surface area contributed by atoms with Crippen molar-refractivity contribution in [3.05, 3.63) is 65.2 Å². The van der Waals surface area contributed by atoms with Gasteiger partial charge < -0.3 is 20.1 Å². The van der Waals surface area contributed by atoms with Gasteiger partial charge in [-0.1, -0.05) is 31.5 Å². The number of aryl methyl sites for hydroxylation is 2. The Morgan fingerprint density at radius 1 is 0.897 bits per heavy atom. The number of phenolic OH excluding ortho intramolecular Hbond substituents is 2. The quantitative estimate of drug-likeness (QED) is 0.338. The van der Waals surface area contributed by atoms with Crippen molar-refractivity contribution in [1.29, 1.82) is 0 Å². The lowest BCUT2D eigenvalue weighted by molar-refractivity contribution is 0.0696. The molecular weight excluding hydrogens is 368 g/mol. The third-order valence-electron chi connectivity index (χ3n) is 4.94. The highest BCUT2D eigenvalue weighted by atomic mass is 16.5. The van der Waals surface area contributed by atoms with Gasteiger partial charge in [0.15, 0.2) is 11.5 Å². The molecule has 0 aliphatic rings. The maximum Gasteiger partial charge on any atom is 0.335 e. The highest BCUT2D eigenvalue weighted by Gasteiger charge is 2.09. The van der Waals surface area contributed by atoms with Crippen LogP contribution in [0, 0.1) is 0 Å². The predicted octanol–water partition coefficient (Wildman–Crippen LogP) is 5.30. The number of carbonyl (C=O) groups is 1. The average Bonchev–Trinajstić information content (AvgIpc) is 2.69. The zero-order valence-electron chi connectivity index (χ0n) is 16.5. The van der Waals surface area contributed by atoms with Crippen molar-refractivity contribution in [3.8, 4) is 17.2 Å². The van der Waals surface area contributed by atoms with Crippen LogP contribution < -0.4 is 4.74 Å². The topological polar surface area (TPSA) is 87.0 Å². The fraction of sp³-hybridized carbons (Fsp3) is 0.292. The molecule has 152 valence electrons. The molecular formula is C24H26O5. The van der Waals surface area contributed by atoms with E-state index in [4.69, 9.17) is 9.84 Å². The summed E-state index contributed by atoms with van der Waals surface area (Å²) in [4.78, 5) is 11.2. The van der Waals surface area contributed by atoms with Crippen LogP contribution in [0.3, 0.4) is 0 Å². The molecule has 0 heterocycles. The molecule has 0 saturated carbocycles. The summed E-state index contributed by atoms with van der Waals surface area (Å²) in [5, 5.41) is 30.2. The molecule has 0 fully saturated rings. The Balaban J connectivity index is 1.54. The second-order valence-corrected chi connectivity index (χ2v) is 7.21. The maximum absolute atomic E-state index is 11.2. The molecule has 0 aliphatic heterocycles. The summed E-state index contributed by atoms with van der Waals surface area (Å²) in [7, 11) is 0. The van der Waals surface area contributed by atoms with Crippen molar-refractivity contribution in [2.24, 2.45) is 0 Å². The zero-order valence-corrected chi connectivity index (χ0v) is 16.5. The molecule has 3 aromatic carbocycles. The molecule has 5 nitrogen and oxygen atoms in total. The van der Waals surface area contributed by atoms with Gasteiger partial charge in [-0.2, -0.15) is 0 Å². The molecule has 0 bridgehead atoms. The average molecular weight is 394 g/mol. The fourth-order valence-corrected chi connectivity index (χ4v) is 3.41. The first-order valence-corrected chi connectivity index (χ1v) is 9.91. The van der Waals surface area contributed by atoms with Crippen LogP contribution in [0.25, 0.3) is 10.8 Å². The van der Waals surface area contributed by atoms with Gasteiger partial charge >= 0.3 is 5.97 Å². The van der Waals surface area contributed by atoms with Crippen LogP contribution in [-0.2, 0) is 12.8 Å². The van der Waals surface area contributed by atoms with Crippen LogP contribution >= 0.6 is 0 Å². The number of carboxylic acid groups (broad SMARTS) is 1. The van der Waals surface area contributed by atoms with E-state index in [1.54, 1.807) is 30.3 Å². The van der Waals surface area contributed by atoms with Crippen molar-refractivity contribution < 1.29 is 24.9 Å². The summed E-state index contributed by atoms with van der Waals surface area (Å²) in [6.07, 6.45) is 4.43. The van der Waals surface area contributed by atoms with Crippen LogP contribution in [0.15, 0.2) is 48.5 Å². The van der Waals surface area contributed by atoms with Gasteiger partial charge in [-0.25, -0.2) is 4.79 Å². The number of aromatic carboxylic acids is 1. The van der Waals surface area contributed by atoms with Gasteiger partial charge in [-0.3, -0.25) is 0 Å². The van der Waals surface area contributed by atoms with E-state index >= 15 is 0 Å². The van der Waals surface area contributed by atoms with Crippen LogP contribution in [0.4, 0.5) is 0 Å². The summed E-state index contributed by atoms with van der Waals surface area (Å²) in [6, 6.07) is 14.2. The van der Waals surface area contributed by atoms with Crippen LogP contribution in [-0.4, -0.2) is 27.9 Å². The first-order valence-electron chi connectivity index (χ1n) is 9.91. The second kappa shape index (κ2) is 9.32. The highest BCUT2D eigenvalue weighted by molar-refractivity contribution is 5.88. The van der Waals surface area contributed by atoms with E-state index in [1.165, 1.54) is 5.56 Å². The molecule has 0 spiro atoms. The van der Waals surface area contributed by atoms with E-state index in [1.807, 2.05) is 18.2 Å². The first kappa shape index (κ1) is 20.5. The van der Waals surface area contributed by atoms with Crippen molar-refractivity contribution in [3.63, 3.8) is 0 Å². The SMILES string of the molecule is CCCc1cc(C(=O)O)ccc1OCCCCc1ccc2cc(O)c(O)cc2c1. The molecule has 3 N–H and O–H groups in total. The largest absolute Gasteiger partial charge is 0.504 e. The Hall–Kier alpha value is -3.21. The van der Waals surface area contributed by atoms with Gasteiger partial charge in [-0.05, 0) is 77.9 Å². The van der Waals surface area contributed by atoms with Crippen molar-refractivity contribution in [2.45, 2.75) is 39.0 Å². The van der Waals surface area contributed by atoms with Gasteiger partial charge in [0.2, 0.25) is 0 Å². The van der Waals surface area contributed by atoms with Gasteiger partial charge in [-0.15, -0.1) is 0 Å². The maximum atomic E-state index is 11.2. The van der Waals surface area contributed by atoms with Gasteiger partial charge in [0.25, 0.3) is 0 Å². The third kappa shape index (κ3) is 5.19. The van der Waals surface area contributed by atoms with Crippen molar-refractivity contribution >= 4 is 16.7 Å². The summed E-state index contributed by atoms with van der Waals surface area (Å²) in [5.41, 5.74) is 2.39. The summed E-state index contributed by atoms with van der Waals surface area (Å²) in [6.45, 7) is 2.63. The minimum Gasteiger partial charge on any atom is -0.504 e. The van der Waals surface area contributed by atoms with Crippen LogP contribution in [0.1, 0.15) is 47.7 Å². The van der Waals surface area contributed by atoms with Crippen molar-refractivity contribution in [1.82, 2.24) is 0 Å². The van der Waals surface area contributed by atoms with E-state index < -0.39 is 5.97 Å². The fourth-order valence-electron chi connectivity index (χ4n) is 3.41. The number of unbranched alkanes of at least 4 members (excludes halogenated alkanes) is 1. The lowest BCUT2D eigenvalue weighted by Crippen LogP contribution is -2.04. The number of ether oxygens (including phenoxy) is 1. The monoisotopic (exact) mass is 394 g/mol. The summed E-state index contributed by atoms with van der Waals surface area (Å²) >= 11 is 0. The van der Waals surface area contributed by atoms with E-state index in [0.717, 1.165) is 54.2 Å². The second-order valence-electron chi connectivity index (χ2n) is 7.21. The molecule has 0 saturated heterocycles. The van der Waals surface area contributed by atoms with Gasteiger partial charge in [0.05, 0.1) is 12.2 Å². The number of phenols is 2. The molecule has 29 heavy (non-hydrogen) atoms. The Kier molecular flexibility index (Phi) is 6.60. The number of hydrogen-bond acceptors (Lipinski definition) is 4. The molecule has 0 unspecified atom stereocenters. The Morgan fingerprint density at radius 2 is 1.66 bits per heavy atom. The Morgan fingerprint density at radius 3 is 2.38 bits per heavy atom. The third-order valence-corrected chi connectivity index (χ3v) is 4.94. The standard InChI is InChI=1S/C24H26O5/c1-2-5-18-13-19(24(27)28)9-10-23(18)29-11-4-3-6-16-7-8-17-14-21(25)22(26)15-20(17)12-16/h7-10,12-15,25-26H,2-6,11H2,1H3,(H,27,28). The smallest absolute Gasteiger partial charge is 0.335 e. The molecule has 0 atom stereocenters. The number of aromatic hydroxyl groups is 2. The summed E-state index contributed by atoms with van der Waals surface area (Å²) in [5.74, 6) is -0.383. The van der Waals surface area contributed by atoms with Gasteiger partial charge in [0, 0.05) is 0 Å². The van der Waals surface area contributed by atoms with E-state index in [2.05, 4.69) is 6.92 Å². The molecule has 0 amide bonds. The molecule has 3 rings (SSSR count). The molecule has 0 radical (unpaired) electrons. The minimum absolute atomic E-state index is 0.110. The molecule has 0 aliphatic carbocycles. The lowest BCUT2D eigenvalue weighted by Gasteiger charge is -2.12. The number of carboxylic acids is 1. The number of hydrogen-bond donors (Lipinski definition) is 3. The molecule has 5 heteroatoms. The van der Waals surface area contributed by atoms with E-state index in [-0.39, 0.29) is 17.1 Å². The van der Waals surface area contributed by atoms with Crippen molar-refractivity contribution in [2.75, 3.05) is 6.61 Å². The zero-order chi connectivity index (χ0) is 20.8.